The van der Waals surface area contributed by atoms with Gasteiger partial charge in [-0.3, -0.25) is 0 Å². The molecule has 0 radical (unpaired) electrons. The Labute approximate surface area is 161 Å². The smallest absolute Gasteiger partial charge is 0.191 e. The summed E-state index contributed by atoms with van der Waals surface area (Å²) in [5, 5.41) is 30.0. The molecule has 2 atom stereocenters. The van der Waals surface area contributed by atoms with Crippen LogP contribution >= 0.6 is 0 Å². The fourth-order valence-corrected chi connectivity index (χ4v) is 5.04. The summed E-state index contributed by atoms with van der Waals surface area (Å²) in [5.41, 5.74) is 10.6. The predicted octanol–water partition coefficient (Wildman–Crippen LogP) is 4.60. The number of hydrogen-bond donors (Lipinski definition) is 1. The third-order valence-corrected chi connectivity index (χ3v) is 6.10. The van der Waals surface area contributed by atoms with Gasteiger partial charge in [-0.15, -0.1) is 0 Å². The van der Waals surface area contributed by atoms with Crippen molar-refractivity contribution in [2.75, 3.05) is 0 Å². The van der Waals surface area contributed by atoms with Crippen molar-refractivity contribution in [3.05, 3.63) is 57.3 Å². The van der Waals surface area contributed by atoms with Crippen LogP contribution in [0.2, 0.25) is 0 Å². The molecule has 2 aliphatic carbocycles. The molecule has 2 N–H and O–H groups in total. The summed E-state index contributed by atoms with van der Waals surface area (Å²) in [5.74, 6) is -0.414. The first-order chi connectivity index (χ1) is 12.9. The molecule has 2 unspecified atom stereocenters. The van der Waals surface area contributed by atoms with E-state index < -0.39 is 5.41 Å². The Morgan fingerprint density at radius 1 is 1.04 bits per heavy atom. The lowest BCUT2D eigenvalue weighted by Crippen LogP contribution is -2.42. The maximum Gasteiger partial charge on any atom is 0.191 e. The molecule has 27 heavy (non-hydrogen) atoms. The zero-order chi connectivity index (χ0) is 19.8. The van der Waals surface area contributed by atoms with E-state index in [1.807, 2.05) is 20.8 Å². The minimum absolute atomic E-state index is 0.0474. The lowest BCUT2D eigenvalue weighted by molar-refractivity contribution is 0.326. The molecule has 0 aromatic heterocycles. The van der Waals surface area contributed by atoms with Gasteiger partial charge >= 0.3 is 0 Å². The number of hydrogen-bond acceptors (Lipinski definition) is 4. The molecule has 0 saturated carbocycles. The second-order valence-electron chi connectivity index (χ2n) is 7.77. The zero-order valence-electron chi connectivity index (χ0n) is 16.1. The maximum absolute atomic E-state index is 10.1. The molecule has 2 aliphatic rings. The van der Waals surface area contributed by atoms with Crippen LogP contribution in [0.15, 0.2) is 35.1 Å². The number of fused-ring (bicyclic) bond motifs is 1. The van der Waals surface area contributed by atoms with Gasteiger partial charge in [0.25, 0.3) is 0 Å². The van der Waals surface area contributed by atoms with Crippen molar-refractivity contribution in [2.45, 2.75) is 52.4 Å². The SMILES string of the molecule is Cc1cc(C)c(C2C3CCCCC=C3C(C#N)=C(N)C2(C#N)C#N)c(C)c1. The van der Waals surface area contributed by atoms with Gasteiger partial charge in [0.1, 0.15) is 6.07 Å². The Morgan fingerprint density at radius 2 is 1.67 bits per heavy atom. The molecule has 0 amide bonds. The van der Waals surface area contributed by atoms with Gasteiger partial charge in [0, 0.05) is 5.92 Å². The van der Waals surface area contributed by atoms with Gasteiger partial charge in [-0.1, -0.05) is 30.2 Å². The molecular weight excluding hydrogens is 332 g/mol. The Bertz CT molecular complexity index is 938. The van der Waals surface area contributed by atoms with Crippen LogP contribution in [0, 0.1) is 66.1 Å². The highest BCUT2D eigenvalue weighted by molar-refractivity contribution is 5.60. The van der Waals surface area contributed by atoms with E-state index in [1.54, 1.807) is 0 Å². The molecule has 4 heteroatoms. The quantitative estimate of drug-likeness (QED) is 0.795. The van der Waals surface area contributed by atoms with Crippen LogP contribution in [-0.2, 0) is 0 Å². The minimum atomic E-state index is -1.53. The Balaban J connectivity index is 2.41. The topological polar surface area (TPSA) is 97.4 Å². The van der Waals surface area contributed by atoms with Crippen LogP contribution in [-0.4, -0.2) is 0 Å². The third-order valence-electron chi connectivity index (χ3n) is 6.10. The molecule has 0 heterocycles. The molecule has 1 aromatic rings. The summed E-state index contributed by atoms with van der Waals surface area (Å²) in [4.78, 5) is 0. The van der Waals surface area contributed by atoms with Crippen LogP contribution < -0.4 is 5.73 Å². The molecule has 136 valence electrons. The van der Waals surface area contributed by atoms with E-state index >= 15 is 0 Å². The molecule has 0 bridgehead atoms. The normalized spacial score (nSPS) is 23.9. The molecule has 3 rings (SSSR count). The van der Waals surface area contributed by atoms with Crippen molar-refractivity contribution in [3.8, 4) is 18.2 Å². The number of nitriles is 3. The molecule has 4 nitrogen and oxygen atoms in total. The van der Waals surface area contributed by atoms with Crippen LogP contribution in [0.1, 0.15) is 53.9 Å². The van der Waals surface area contributed by atoms with Crippen LogP contribution in [0.25, 0.3) is 0 Å². The van der Waals surface area contributed by atoms with E-state index in [4.69, 9.17) is 5.73 Å². The van der Waals surface area contributed by atoms with Gasteiger partial charge in [0.05, 0.1) is 23.4 Å². The molecule has 0 fully saturated rings. The Kier molecular flexibility index (Phi) is 4.82. The number of nitrogens with two attached hydrogens (primary N) is 1. The van der Waals surface area contributed by atoms with E-state index in [0.717, 1.165) is 53.5 Å². The van der Waals surface area contributed by atoms with Gasteiger partial charge < -0.3 is 5.73 Å². The van der Waals surface area contributed by atoms with Crippen molar-refractivity contribution in [3.63, 3.8) is 0 Å². The van der Waals surface area contributed by atoms with Crippen molar-refractivity contribution in [2.24, 2.45) is 17.1 Å². The summed E-state index contributed by atoms with van der Waals surface area (Å²) in [7, 11) is 0. The van der Waals surface area contributed by atoms with Crippen LogP contribution in [0.3, 0.4) is 0 Å². The monoisotopic (exact) mass is 356 g/mol. The fourth-order valence-electron chi connectivity index (χ4n) is 5.04. The van der Waals surface area contributed by atoms with Crippen molar-refractivity contribution >= 4 is 0 Å². The van der Waals surface area contributed by atoms with Gasteiger partial charge in [-0.05, 0) is 68.2 Å². The molecule has 1 aromatic carbocycles. The molecule has 0 spiro atoms. The summed E-state index contributed by atoms with van der Waals surface area (Å²) in [6.45, 7) is 6.12. The van der Waals surface area contributed by atoms with Crippen LogP contribution in [0.5, 0.6) is 0 Å². The number of rotatable bonds is 1. The van der Waals surface area contributed by atoms with E-state index in [-0.39, 0.29) is 17.5 Å². The zero-order valence-corrected chi connectivity index (χ0v) is 16.1. The van der Waals surface area contributed by atoms with Gasteiger partial charge in [-0.25, -0.2) is 0 Å². The largest absolute Gasteiger partial charge is 0.399 e. The number of allylic oxidation sites excluding steroid dienone is 4. The molecule has 0 aliphatic heterocycles. The fraction of sp³-hybridized carbons (Fsp3) is 0.435. The van der Waals surface area contributed by atoms with Crippen molar-refractivity contribution < 1.29 is 0 Å². The highest BCUT2D eigenvalue weighted by Gasteiger charge is 2.54. The first kappa shape index (κ1) is 18.8. The van der Waals surface area contributed by atoms with Gasteiger partial charge in [0.2, 0.25) is 0 Å². The Hall–Kier alpha value is -3.03. The summed E-state index contributed by atoms with van der Waals surface area (Å²) < 4.78 is 0. The van der Waals surface area contributed by atoms with Crippen molar-refractivity contribution in [1.82, 2.24) is 0 Å². The van der Waals surface area contributed by atoms with Gasteiger partial charge in [-0.2, -0.15) is 15.8 Å². The first-order valence-corrected chi connectivity index (χ1v) is 9.42. The summed E-state index contributed by atoms with van der Waals surface area (Å²) >= 11 is 0. The highest BCUT2D eigenvalue weighted by atomic mass is 14.7. The lowest BCUT2D eigenvalue weighted by Gasteiger charge is -2.43. The predicted molar refractivity (Wildman–Crippen MR) is 104 cm³/mol. The summed E-state index contributed by atoms with van der Waals surface area (Å²) in [6.07, 6.45) is 5.91. The Morgan fingerprint density at radius 3 is 2.22 bits per heavy atom. The number of benzene rings is 1. The average Bonchev–Trinajstić information content (AvgIpc) is 2.87. The lowest BCUT2D eigenvalue weighted by atomic mass is 9.57. The molecular formula is C23H24N4. The number of aryl methyl sites for hydroxylation is 3. The van der Waals surface area contributed by atoms with Crippen LogP contribution in [0.4, 0.5) is 0 Å². The van der Waals surface area contributed by atoms with Gasteiger partial charge in [0.15, 0.2) is 5.41 Å². The maximum atomic E-state index is 10.1. The second-order valence-corrected chi connectivity index (χ2v) is 7.77. The van der Waals surface area contributed by atoms with E-state index in [1.165, 1.54) is 0 Å². The number of nitrogens with zero attached hydrogens (tertiary/aromatic N) is 3. The summed E-state index contributed by atoms with van der Waals surface area (Å²) in [6, 6.07) is 10.9. The minimum Gasteiger partial charge on any atom is -0.399 e. The van der Waals surface area contributed by atoms with E-state index in [0.29, 0.717) is 5.57 Å². The third kappa shape index (κ3) is 2.72. The van der Waals surface area contributed by atoms with Crippen molar-refractivity contribution in [1.29, 1.82) is 15.8 Å². The van der Waals surface area contributed by atoms with E-state index in [9.17, 15) is 15.8 Å². The van der Waals surface area contributed by atoms with E-state index in [2.05, 4.69) is 36.4 Å². The molecule has 0 saturated heterocycles. The first-order valence-electron chi connectivity index (χ1n) is 9.42. The standard InChI is InChI=1S/C23H24N4/c1-14-9-15(2)20(16(3)10-14)21-18-8-6-4-5-7-17(18)19(11-24)22(27)23(21,12-25)13-26/h7,9-10,18,21H,4-6,8,27H2,1-3H3. The second kappa shape index (κ2) is 6.94. The highest BCUT2D eigenvalue weighted by Crippen LogP contribution is 2.56. The average molecular weight is 356 g/mol.